The molecule has 0 bridgehead atoms. The Balaban J connectivity index is 1.41. The summed E-state index contributed by atoms with van der Waals surface area (Å²) in [6.45, 7) is 3.23. The highest BCUT2D eigenvalue weighted by Crippen LogP contribution is 2.26. The fourth-order valence-corrected chi connectivity index (χ4v) is 2.80. The van der Waals surface area contributed by atoms with E-state index in [4.69, 9.17) is 16.3 Å². The Morgan fingerprint density at radius 2 is 1.96 bits per heavy atom. The SMILES string of the molecule is Clc1cc(CNCCCn2ccnc2)ccc1OCc1ccccc1. The lowest BCUT2D eigenvalue weighted by atomic mass is 10.2. The largest absolute Gasteiger partial charge is 0.487 e. The van der Waals surface area contributed by atoms with Crippen molar-refractivity contribution in [2.45, 2.75) is 26.1 Å². The first-order valence-electron chi connectivity index (χ1n) is 8.43. The van der Waals surface area contributed by atoms with Gasteiger partial charge in [0.15, 0.2) is 0 Å². The minimum atomic E-state index is 0.520. The Labute approximate surface area is 153 Å². The van der Waals surface area contributed by atoms with E-state index in [1.54, 1.807) is 6.20 Å². The topological polar surface area (TPSA) is 39.1 Å². The molecule has 0 radical (unpaired) electrons. The Morgan fingerprint density at radius 1 is 1.08 bits per heavy atom. The molecule has 2 aromatic carbocycles. The van der Waals surface area contributed by atoms with Crippen LogP contribution in [0.3, 0.4) is 0 Å². The number of nitrogens with one attached hydrogen (secondary N) is 1. The zero-order valence-corrected chi connectivity index (χ0v) is 14.8. The normalized spacial score (nSPS) is 10.8. The van der Waals surface area contributed by atoms with Gasteiger partial charge in [0.25, 0.3) is 0 Å². The van der Waals surface area contributed by atoms with Gasteiger partial charge in [-0.3, -0.25) is 0 Å². The molecule has 0 aliphatic rings. The predicted octanol–water partition coefficient (Wildman–Crippen LogP) is 4.30. The van der Waals surface area contributed by atoms with Gasteiger partial charge in [-0.05, 0) is 36.2 Å². The smallest absolute Gasteiger partial charge is 0.138 e. The van der Waals surface area contributed by atoms with Crippen LogP contribution in [-0.4, -0.2) is 16.1 Å². The van der Waals surface area contributed by atoms with Gasteiger partial charge in [-0.2, -0.15) is 0 Å². The van der Waals surface area contributed by atoms with Crippen LogP contribution in [-0.2, 0) is 19.7 Å². The second-order valence-corrected chi connectivity index (χ2v) is 6.28. The van der Waals surface area contributed by atoms with Crippen LogP contribution in [0.15, 0.2) is 67.3 Å². The van der Waals surface area contributed by atoms with Crippen LogP contribution in [0.25, 0.3) is 0 Å². The van der Waals surface area contributed by atoms with Crippen LogP contribution >= 0.6 is 11.6 Å². The van der Waals surface area contributed by atoms with Crippen molar-refractivity contribution >= 4 is 11.6 Å². The minimum Gasteiger partial charge on any atom is -0.487 e. The molecule has 0 amide bonds. The van der Waals surface area contributed by atoms with Crippen molar-refractivity contribution in [3.05, 3.63) is 83.4 Å². The number of hydrogen-bond donors (Lipinski definition) is 1. The van der Waals surface area contributed by atoms with Crippen LogP contribution in [0.2, 0.25) is 5.02 Å². The molecular formula is C20H22ClN3O. The highest BCUT2D eigenvalue weighted by atomic mass is 35.5. The third-order valence-corrected chi connectivity index (χ3v) is 4.19. The molecule has 3 rings (SSSR count). The van der Waals surface area contributed by atoms with E-state index in [2.05, 4.69) is 20.9 Å². The summed E-state index contributed by atoms with van der Waals surface area (Å²) in [5.74, 6) is 0.717. The molecule has 0 aliphatic carbocycles. The molecule has 4 nitrogen and oxygen atoms in total. The third kappa shape index (κ3) is 5.62. The second kappa shape index (κ2) is 9.25. The molecule has 3 aromatic rings. The zero-order chi connectivity index (χ0) is 17.3. The lowest BCUT2D eigenvalue weighted by Crippen LogP contribution is -2.16. The van der Waals surface area contributed by atoms with Gasteiger partial charge in [0.1, 0.15) is 12.4 Å². The lowest BCUT2D eigenvalue weighted by Gasteiger charge is -2.10. The fourth-order valence-electron chi connectivity index (χ4n) is 2.55. The van der Waals surface area contributed by atoms with Crippen LogP contribution in [0.4, 0.5) is 0 Å². The number of benzene rings is 2. The van der Waals surface area contributed by atoms with Crippen molar-refractivity contribution in [1.29, 1.82) is 0 Å². The van der Waals surface area contributed by atoms with Crippen LogP contribution in [0, 0.1) is 0 Å². The predicted molar refractivity (Wildman–Crippen MR) is 101 cm³/mol. The summed E-state index contributed by atoms with van der Waals surface area (Å²) in [6.07, 6.45) is 6.68. The monoisotopic (exact) mass is 355 g/mol. The van der Waals surface area contributed by atoms with E-state index in [0.717, 1.165) is 42.9 Å². The highest BCUT2D eigenvalue weighted by molar-refractivity contribution is 6.32. The Bertz CT molecular complexity index is 760. The van der Waals surface area contributed by atoms with E-state index in [0.29, 0.717) is 11.6 Å². The summed E-state index contributed by atoms with van der Waals surface area (Å²) in [5, 5.41) is 4.08. The van der Waals surface area contributed by atoms with E-state index in [1.807, 2.05) is 55.0 Å². The maximum atomic E-state index is 6.34. The van der Waals surface area contributed by atoms with Gasteiger partial charge >= 0.3 is 0 Å². The molecular weight excluding hydrogens is 334 g/mol. The van der Waals surface area contributed by atoms with Gasteiger partial charge in [0.2, 0.25) is 0 Å². The molecule has 0 aliphatic heterocycles. The molecule has 130 valence electrons. The van der Waals surface area contributed by atoms with Gasteiger partial charge in [-0.1, -0.05) is 48.0 Å². The average Bonchev–Trinajstić information content (AvgIpc) is 3.15. The van der Waals surface area contributed by atoms with Gasteiger partial charge in [-0.25, -0.2) is 4.98 Å². The molecule has 1 N–H and O–H groups in total. The number of halogens is 1. The van der Waals surface area contributed by atoms with E-state index < -0.39 is 0 Å². The average molecular weight is 356 g/mol. The molecule has 0 spiro atoms. The standard InChI is InChI=1S/C20H22ClN3O/c21-19-13-18(14-22-9-4-11-24-12-10-23-16-24)7-8-20(19)25-15-17-5-2-1-3-6-17/h1-3,5-8,10,12-13,16,22H,4,9,11,14-15H2. The second-order valence-electron chi connectivity index (χ2n) is 5.87. The molecule has 1 aromatic heterocycles. The van der Waals surface area contributed by atoms with Crippen LogP contribution in [0.1, 0.15) is 17.5 Å². The van der Waals surface area contributed by atoms with Crippen LogP contribution in [0.5, 0.6) is 5.75 Å². The van der Waals surface area contributed by atoms with Crippen molar-refractivity contribution in [2.24, 2.45) is 0 Å². The van der Waals surface area contributed by atoms with Crippen molar-refractivity contribution in [1.82, 2.24) is 14.9 Å². The maximum Gasteiger partial charge on any atom is 0.138 e. The number of ether oxygens (including phenoxy) is 1. The van der Waals surface area contributed by atoms with Crippen molar-refractivity contribution in [2.75, 3.05) is 6.54 Å². The minimum absolute atomic E-state index is 0.520. The molecule has 25 heavy (non-hydrogen) atoms. The first-order chi connectivity index (χ1) is 12.3. The Hall–Kier alpha value is -2.30. The number of nitrogens with zero attached hydrogens (tertiary/aromatic N) is 2. The number of aromatic nitrogens is 2. The van der Waals surface area contributed by atoms with E-state index in [-0.39, 0.29) is 0 Å². The summed E-state index contributed by atoms with van der Waals surface area (Å²) in [7, 11) is 0. The number of hydrogen-bond acceptors (Lipinski definition) is 3. The molecule has 0 saturated carbocycles. The van der Waals surface area contributed by atoms with E-state index >= 15 is 0 Å². The molecule has 0 unspecified atom stereocenters. The van der Waals surface area contributed by atoms with Gasteiger partial charge in [0.05, 0.1) is 11.3 Å². The Kier molecular flexibility index (Phi) is 6.48. The van der Waals surface area contributed by atoms with Crippen LogP contribution < -0.4 is 10.1 Å². The highest BCUT2D eigenvalue weighted by Gasteiger charge is 2.04. The number of rotatable bonds is 9. The number of imidazole rings is 1. The van der Waals surface area contributed by atoms with E-state index in [1.165, 1.54) is 0 Å². The quantitative estimate of drug-likeness (QED) is 0.582. The molecule has 0 saturated heterocycles. The molecule has 0 fully saturated rings. The van der Waals surface area contributed by atoms with Crippen molar-refractivity contribution in [3.8, 4) is 5.75 Å². The summed E-state index contributed by atoms with van der Waals surface area (Å²) in [5.41, 5.74) is 2.28. The van der Waals surface area contributed by atoms with Gasteiger partial charge in [-0.15, -0.1) is 0 Å². The third-order valence-electron chi connectivity index (χ3n) is 3.89. The fraction of sp³-hybridized carbons (Fsp3) is 0.250. The molecule has 0 atom stereocenters. The first kappa shape index (κ1) is 17.5. The lowest BCUT2D eigenvalue weighted by molar-refractivity contribution is 0.306. The van der Waals surface area contributed by atoms with Gasteiger partial charge in [0, 0.05) is 25.5 Å². The van der Waals surface area contributed by atoms with Crippen molar-refractivity contribution in [3.63, 3.8) is 0 Å². The Morgan fingerprint density at radius 3 is 2.72 bits per heavy atom. The van der Waals surface area contributed by atoms with Gasteiger partial charge < -0.3 is 14.6 Å². The summed E-state index contributed by atoms with van der Waals surface area (Å²) >= 11 is 6.34. The number of aryl methyl sites for hydroxylation is 1. The van der Waals surface area contributed by atoms with Crippen molar-refractivity contribution < 1.29 is 4.74 Å². The maximum absolute atomic E-state index is 6.34. The van der Waals surface area contributed by atoms with E-state index in [9.17, 15) is 0 Å². The summed E-state index contributed by atoms with van der Waals surface area (Å²) in [6, 6.07) is 16.0. The molecule has 5 heteroatoms. The summed E-state index contributed by atoms with van der Waals surface area (Å²) in [4.78, 5) is 4.04. The first-order valence-corrected chi connectivity index (χ1v) is 8.81. The molecule has 1 heterocycles. The summed E-state index contributed by atoms with van der Waals surface area (Å²) < 4.78 is 7.88. The zero-order valence-electron chi connectivity index (χ0n) is 14.1.